The van der Waals surface area contributed by atoms with Crippen molar-refractivity contribution in [1.29, 1.82) is 0 Å². The summed E-state index contributed by atoms with van der Waals surface area (Å²) in [5, 5.41) is 0. The van der Waals surface area contributed by atoms with E-state index >= 15 is 0 Å². The minimum Gasteiger partial charge on any atom is -0.315 e. The van der Waals surface area contributed by atoms with Gasteiger partial charge in [-0.15, -0.1) is 0 Å². The molecule has 17 heavy (non-hydrogen) atoms. The summed E-state index contributed by atoms with van der Waals surface area (Å²) >= 11 is 0. The zero-order valence-corrected chi connectivity index (χ0v) is 10.3. The van der Waals surface area contributed by atoms with Crippen LogP contribution in [0.1, 0.15) is 25.5 Å². The van der Waals surface area contributed by atoms with E-state index in [4.69, 9.17) is 0 Å². The molecule has 0 saturated carbocycles. The molecule has 0 aliphatic carbocycles. The Labute approximate surface area is 101 Å². The van der Waals surface area contributed by atoms with Gasteiger partial charge in [-0.1, -0.05) is 44.2 Å². The number of aromatic nitrogens is 2. The van der Waals surface area contributed by atoms with Crippen LogP contribution in [0.2, 0.25) is 0 Å². The first-order valence-electron chi connectivity index (χ1n) is 5.72. The zero-order valence-electron chi connectivity index (χ0n) is 10.3. The molecule has 0 spiro atoms. The van der Waals surface area contributed by atoms with Gasteiger partial charge in [0.1, 0.15) is 5.69 Å². The van der Waals surface area contributed by atoms with Gasteiger partial charge in [0.15, 0.2) is 0 Å². The number of hydrogen-bond acceptors (Lipinski definition) is 2. The predicted octanol–water partition coefficient (Wildman–Crippen LogP) is 2.57. The maximum atomic E-state index is 11.9. The van der Waals surface area contributed by atoms with E-state index in [2.05, 4.69) is 4.98 Å². The van der Waals surface area contributed by atoms with Gasteiger partial charge >= 0.3 is 0 Å². The number of hydrogen-bond donors (Lipinski definition) is 0. The molecule has 2 rings (SSSR count). The molecule has 0 aliphatic heterocycles. The molecule has 0 atom stereocenters. The van der Waals surface area contributed by atoms with Gasteiger partial charge in [-0.25, -0.2) is 4.98 Å². The van der Waals surface area contributed by atoms with Crippen LogP contribution in [0.25, 0.3) is 11.3 Å². The molecule has 1 heterocycles. The summed E-state index contributed by atoms with van der Waals surface area (Å²) in [6.45, 7) is 3.97. The largest absolute Gasteiger partial charge is 0.315 e. The summed E-state index contributed by atoms with van der Waals surface area (Å²) in [5.74, 6) is 0.136. The number of nitrogens with zero attached hydrogens (tertiary/aromatic N) is 2. The van der Waals surface area contributed by atoms with Crippen molar-refractivity contribution in [2.24, 2.45) is 7.05 Å². The highest BCUT2D eigenvalue weighted by molar-refractivity contribution is 5.57. The normalized spacial score (nSPS) is 10.8. The minimum absolute atomic E-state index is 0.0142. The van der Waals surface area contributed by atoms with Crippen molar-refractivity contribution < 1.29 is 0 Å². The van der Waals surface area contributed by atoms with E-state index in [9.17, 15) is 4.79 Å². The fourth-order valence-electron chi connectivity index (χ4n) is 1.75. The van der Waals surface area contributed by atoms with Gasteiger partial charge in [0.25, 0.3) is 5.56 Å². The van der Waals surface area contributed by atoms with Gasteiger partial charge in [0, 0.05) is 24.7 Å². The van der Waals surface area contributed by atoms with E-state index in [1.807, 2.05) is 44.2 Å². The Morgan fingerprint density at radius 2 is 1.82 bits per heavy atom. The molecular weight excluding hydrogens is 212 g/mol. The van der Waals surface area contributed by atoms with Crippen molar-refractivity contribution in [2.75, 3.05) is 0 Å². The van der Waals surface area contributed by atoms with Crippen molar-refractivity contribution in [2.45, 2.75) is 19.8 Å². The molecule has 0 saturated heterocycles. The smallest absolute Gasteiger partial charge is 0.272 e. The lowest BCUT2D eigenvalue weighted by Crippen LogP contribution is -2.23. The third-order valence-corrected chi connectivity index (χ3v) is 2.71. The highest BCUT2D eigenvalue weighted by Gasteiger charge is 2.10. The fraction of sp³-hybridized carbons (Fsp3) is 0.286. The van der Waals surface area contributed by atoms with Crippen molar-refractivity contribution in [3.05, 3.63) is 52.6 Å². The Bertz CT molecular complexity index is 571. The molecule has 1 aromatic carbocycles. The van der Waals surface area contributed by atoms with Gasteiger partial charge in [-0.05, 0) is 0 Å². The molecular formula is C14H16N2O. The predicted molar refractivity (Wildman–Crippen MR) is 69.0 cm³/mol. The lowest BCUT2D eigenvalue weighted by molar-refractivity contribution is 0.743. The van der Waals surface area contributed by atoms with Crippen molar-refractivity contribution in [1.82, 2.24) is 9.55 Å². The minimum atomic E-state index is -0.0142. The van der Waals surface area contributed by atoms with Crippen LogP contribution in [-0.4, -0.2) is 9.55 Å². The lowest BCUT2D eigenvalue weighted by Gasteiger charge is -2.09. The first-order valence-corrected chi connectivity index (χ1v) is 5.72. The summed E-state index contributed by atoms with van der Waals surface area (Å²) < 4.78 is 1.60. The standard InChI is InChI=1S/C14H16N2O/c1-10(2)13-14(17)16(3)9-12(15-13)11-7-5-4-6-8-11/h4-10H,1-3H3. The monoisotopic (exact) mass is 228 g/mol. The molecule has 3 heteroatoms. The molecule has 0 amide bonds. The van der Waals surface area contributed by atoms with Crippen molar-refractivity contribution in [3.63, 3.8) is 0 Å². The molecule has 0 fully saturated rings. The first-order chi connectivity index (χ1) is 8.09. The van der Waals surface area contributed by atoms with Crippen LogP contribution in [0.3, 0.4) is 0 Å². The van der Waals surface area contributed by atoms with E-state index < -0.39 is 0 Å². The SMILES string of the molecule is CC(C)c1nc(-c2ccccc2)cn(C)c1=O. The maximum absolute atomic E-state index is 11.9. The first kappa shape index (κ1) is 11.6. The Kier molecular flexibility index (Phi) is 3.09. The van der Waals surface area contributed by atoms with E-state index in [0.29, 0.717) is 5.69 Å². The van der Waals surface area contributed by atoms with Crippen LogP contribution in [0.4, 0.5) is 0 Å². The lowest BCUT2D eigenvalue weighted by atomic mass is 10.1. The maximum Gasteiger partial charge on any atom is 0.272 e. The van der Waals surface area contributed by atoms with Gasteiger partial charge in [-0.3, -0.25) is 4.79 Å². The molecule has 3 nitrogen and oxygen atoms in total. The molecule has 88 valence electrons. The molecule has 0 unspecified atom stereocenters. The average molecular weight is 228 g/mol. The van der Waals surface area contributed by atoms with Gasteiger partial charge in [0.2, 0.25) is 0 Å². The highest BCUT2D eigenvalue weighted by Crippen LogP contribution is 2.17. The summed E-state index contributed by atoms with van der Waals surface area (Å²) in [4.78, 5) is 16.4. The Balaban J connectivity index is 2.62. The third-order valence-electron chi connectivity index (χ3n) is 2.71. The topological polar surface area (TPSA) is 34.9 Å². The summed E-state index contributed by atoms with van der Waals surface area (Å²) in [6, 6.07) is 9.90. The van der Waals surface area contributed by atoms with E-state index in [1.165, 1.54) is 0 Å². The molecule has 0 bridgehead atoms. The molecule has 0 N–H and O–H groups in total. The molecule has 0 aliphatic rings. The van der Waals surface area contributed by atoms with Gasteiger partial charge in [-0.2, -0.15) is 0 Å². The number of benzene rings is 1. The van der Waals surface area contributed by atoms with Crippen LogP contribution < -0.4 is 5.56 Å². The van der Waals surface area contributed by atoms with Gasteiger partial charge in [0.05, 0.1) is 5.69 Å². The molecule has 1 aromatic heterocycles. The van der Waals surface area contributed by atoms with Crippen LogP contribution in [0.5, 0.6) is 0 Å². The quantitative estimate of drug-likeness (QED) is 0.791. The van der Waals surface area contributed by atoms with Crippen LogP contribution in [0, 0.1) is 0 Å². The summed E-state index contributed by atoms with van der Waals surface area (Å²) in [6.07, 6.45) is 1.78. The summed E-state index contributed by atoms with van der Waals surface area (Å²) in [7, 11) is 1.77. The van der Waals surface area contributed by atoms with Crippen LogP contribution in [0.15, 0.2) is 41.3 Å². The average Bonchev–Trinajstić information content (AvgIpc) is 2.33. The Hall–Kier alpha value is -1.90. The number of aryl methyl sites for hydroxylation is 1. The van der Waals surface area contributed by atoms with E-state index in [1.54, 1.807) is 17.8 Å². The molecule has 2 aromatic rings. The fourth-order valence-corrected chi connectivity index (χ4v) is 1.75. The number of rotatable bonds is 2. The van der Waals surface area contributed by atoms with Crippen molar-refractivity contribution in [3.8, 4) is 11.3 Å². The van der Waals surface area contributed by atoms with Crippen LogP contribution >= 0.6 is 0 Å². The second kappa shape index (κ2) is 4.53. The van der Waals surface area contributed by atoms with Gasteiger partial charge < -0.3 is 4.57 Å². The Morgan fingerprint density at radius 3 is 2.41 bits per heavy atom. The second-order valence-corrected chi connectivity index (χ2v) is 4.45. The summed E-state index contributed by atoms with van der Waals surface area (Å²) in [5.41, 5.74) is 2.48. The third kappa shape index (κ3) is 2.28. The van der Waals surface area contributed by atoms with Crippen LogP contribution in [-0.2, 0) is 7.05 Å². The second-order valence-electron chi connectivity index (χ2n) is 4.45. The van der Waals surface area contributed by atoms with E-state index in [-0.39, 0.29) is 11.5 Å². The van der Waals surface area contributed by atoms with E-state index in [0.717, 1.165) is 11.3 Å². The molecule has 0 radical (unpaired) electrons. The van der Waals surface area contributed by atoms with Crippen molar-refractivity contribution >= 4 is 0 Å². The highest BCUT2D eigenvalue weighted by atomic mass is 16.1. The Morgan fingerprint density at radius 1 is 1.18 bits per heavy atom. The zero-order chi connectivity index (χ0) is 12.4.